The molecule has 1 atom stereocenters. The zero-order valence-electron chi connectivity index (χ0n) is 12.8. The lowest BCUT2D eigenvalue weighted by molar-refractivity contribution is -0.0157. The second-order valence-electron chi connectivity index (χ2n) is 6.40. The summed E-state index contributed by atoms with van der Waals surface area (Å²) < 4.78 is 5.88. The van der Waals surface area contributed by atoms with Crippen molar-refractivity contribution in [2.45, 2.75) is 78.9 Å². The first-order valence-corrected chi connectivity index (χ1v) is 7.22. The van der Waals surface area contributed by atoms with Gasteiger partial charge in [-0.3, -0.25) is 0 Å². The molecule has 104 valence electrons. The molecule has 0 aromatic rings. The first-order chi connectivity index (χ1) is 7.85. The zero-order chi connectivity index (χ0) is 13.3. The number of nitrogens with one attached hydrogen (secondary N) is 1. The van der Waals surface area contributed by atoms with Gasteiger partial charge in [-0.15, -0.1) is 0 Å². The quantitative estimate of drug-likeness (QED) is 0.661. The van der Waals surface area contributed by atoms with E-state index in [2.05, 4.69) is 46.9 Å². The topological polar surface area (TPSA) is 21.3 Å². The molecule has 0 spiro atoms. The van der Waals surface area contributed by atoms with Crippen molar-refractivity contribution in [3.05, 3.63) is 0 Å². The van der Waals surface area contributed by atoms with E-state index in [1.807, 2.05) is 0 Å². The van der Waals surface area contributed by atoms with Crippen LogP contribution in [0.15, 0.2) is 0 Å². The number of rotatable bonds is 9. The fourth-order valence-corrected chi connectivity index (χ4v) is 1.72. The number of hydrogen-bond donors (Lipinski definition) is 1. The van der Waals surface area contributed by atoms with Crippen LogP contribution in [0.5, 0.6) is 0 Å². The van der Waals surface area contributed by atoms with Gasteiger partial charge in [0, 0.05) is 6.04 Å². The first kappa shape index (κ1) is 16.9. The van der Waals surface area contributed by atoms with Crippen LogP contribution in [0.4, 0.5) is 0 Å². The molecule has 1 unspecified atom stereocenters. The van der Waals surface area contributed by atoms with Gasteiger partial charge in [0.25, 0.3) is 0 Å². The van der Waals surface area contributed by atoms with E-state index in [0.717, 1.165) is 19.1 Å². The molecule has 0 aliphatic heterocycles. The van der Waals surface area contributed by atoms with E-state index in [4.69, 9.17) is 4.74 Å². The van der Waals surface area contributed by atoms with Gasteiger partial charge < -0.3 is 10.1 Å². The van der Waals surface area contributed by atoms with Gasteiger partial charge in [0.2, 0.25) is 0 Å². The molecule has 2 heteroatoms. The summed E-state index contributed by atoms with van der Waals surface area (Å²) >= 11 is 0. The predicted octanol–water partition coefficient (Wildman–Crippen LogP) is 4.00. The van der Waals surface area contributed by atoms with Crippen molar-refractivity contribution in [1.29, 1.82) is 0 Å². The maximum atomic E-state index is 5.88. The molecule has 0 rings (SSSR count). The average Bonchev–Trinajstić information content (AvgIpc) is 2.19. The van der Waals surface area contributed by atoms with Crippen LogP contribution >= 0.6 is 0 Å². The van der Waals surface area contributed by atoms with Crippen LogP contribution in [-0.4, -0.2) is 24.8 Å². The third-order valence-electron chi connectivity index (χ3n) is 2.73. The Balaban J connectivity index is 3.87. The highest BCUT2D eigenvalue weighted by Gasteiger charge is 2.14. The van der Waals surface area contributed by atoms with E-state index in [1.165, 1.54) is 25.7 Å². The first-order valence-electron chi connectivity index (χ1n) is 7.22. The van der Waals surface area contributed by atoms with Crippen LogP contribution in [0.2, 0.25) is 0 Å². The van der Waals surface area contributed by atoms with E-state index < -0.39 is 0 Å². The van der Waals surface area contributed by atoms with Crippen LogP contribution in [0.25, 0.3) is 0 Å². The molecule has 0 aliphatic rings. The molecule has 0 heterocycles. The Labute approximate surface area is 109 Å². The normalized spacial score (nSPS) is 14.3. The molecule has 0 saturated carbocycles. The zero-order valence-corrected chi connectivity index (χ0v) is 12.8. The Morgan fingerprint density at radius 2 is 1.76 bits per heavy atom. The third kappa shape index (κ3) is 12.2. The molecule has 0 aromatic carbocycles. The van der Waals surface area contributed by atoms with Crippen LogP contribution in [0.3, 0.4) is 0 Å². The van der Waals surface area contributed by atoms with Gasteiger partial charge in [0.05, 0.1) is 12.2 Å². The molecule has 17 heavy (non-hydrogen) atoms. The smallest absolute Gasteiger partial charge is 0.0626 e. The monoisotopic (exact) mass is 243 g/mol. The van der Waals surface area contributed by atoms with E-state index in [9.17, 15) is 0 Å². The molecule has 0 radical (unpaired) electrons. The Hall–Kier alpha value is -0.0800. The summed E-state index contributed by atoms with van der Waals surface area (Å²) in [7, 11) is 0. The lowest BCUT2D eigenvalue weighted by Crippen LogP contribution is -2.37. The molecule has 0 saturated heterocycles. The largest absolute Gasteiger partial charge is 0.374 e. The Kier molecular flexibility index (Phi) is 8.89. The summed E-state index contributed by atoms with van der Waals surface area (Å²) in [6, 6.07) is 0.521. The van der Waals surface area contributed by atoms with E-state index in [-0.39, 0.29) is 5.60 Å². The fourth-order valence-electron chi connectivity index (χ4n) is 1.72. The van der Waals surface area contributed by atoms with Gasteiger partial charge in [-0.1, -0.05) is 33.6 Å². The predicted molar refractivity (Wildman–Crippen MR) is 76.5 cm³/mol. The lowest BCUT2D eigenvalue weighted by atomic mass is 10.0. The molecule has 0 aromatic heterocycles. The van der Waals surface area contributed by atoms with Gasteiger partial charge in [0.15, 0.2) is 0 Å². The Morgan fingerprint density at radius 1 is 1.12 bits per heavy atom. The summed E-state index contributed by atoms with van der Waals surface area (Å²) in [5.74, 6) is 0.811. The minimum Gasteiger partial charge on any atom is -0.374 e. The van der Waals surface area contributed by atoms with Crippen molar-refractivity contribution >= 4 is 0 Å². The molecular weight excluding hydrogens is 210 g/mol. The number of hydrogen-bond acceptors (Lipinski definition) is 2. The average molecular weight is 243 g/mol. The van der Waals surface area contributed by atoms with Gasteiger partial charge >= 0.3 is 0 Å². The van der Waals surface area contributed by atoms with Crippen LogP contribution in [0.1, 0.15) is 67.2 Å². The Bertz CT molecular complexity index is 172. The second-order valence-corrected chi connectivity index (χ2v) is 6.40. The molecule has 0 amide bonds. The fraction of sp³-hybridized carbons (Fsp3) is 1.00. The van der Waals surface area contributed by atoms with Gasteiger partial charge in [-0.25, -0.2) is 0 Å². The second kappa shape index (κ2) is 8.93. The molecule has 0 fully saturated rings. The van der Waals surface area contributed by atoms with E-state index in [0.29, 0.717) is 6.04 Å². The summed E-state index contributed by atoms with van der Waals surface area (Å²) in [5.41, 5.74) is -0.0236. The molecule has 2 nitrogen and oxygen atoms in total. The van der Waals surface area contributed by atoms with E-state index >= 15 is 0 Å². The van der Waals surface area contributed by atoms with Crippen molar-refractivity contribution < 1.29 is 4.74 Å². The van der Waals surface area contributed by atoms with Gasteiger partial charge in [0.1, 0.15) is 0 Å². The molecule has 0 bridgehead atoms. The van der Waals surface area contributed by atoms with Crippen molar-refractivity contribution in [3.63, 3.8) is 0 Å². The standard InChI is InChI=1S/C15H33NO/c1-7-11-16-14(10-8-9-13(2)3)12-17-15(4,5)6/h13-14,16H,7-12H2,1-6H3. The summed E-state index contributed by atoms with van der Waals surface area (Å²) in [5, 5.41) is 3.59. The SMILES string of the molecule is CCCNC(CCCC(C)C)COC(C)(C)C. The molecule has 0 aliphatic carbocycles. The molecule has 1 N–H and O–H groups in total. The van der Waals surface area contributed by atoms with Crippen molar-refractivity contribution in [3.8, 4) is 0 Å². The highest BCUT2D eigenvalue weighted by molar-refractivity contribution is 4.69. The third-order valence-corrected chi connectivity index (χ3v) is 2.73. The van der Waals surface area contributed by atoms with Gasteiger partial charge in [-0.05, 0) is 46.1 Å². The van der Waals surface area contributed by atoms with Gasteiger partial charge in [-0.2, -0.15) is 0 Å². The van der Waals surface area contributed by atoms with Crippen molar-refractivity contribution in [2.75, 3.05) is 13.2 Å². The summed E-state index contributed by atoms with van der Waals surface area (Å²) in [4.78, 5) is 0. The minimum atomic E-state index is -0.0236. The highest BCUT2D eigenvalue weighted by Crippen LogP contribution is 2.12. The van der Waals surface area contributed by atoms with Crippen LogP contribution in [-0.2, 0) is 4.74 Å². The highest BCUT2D eigenvalue weighted by atomic mass is 16.5. The van der Waals surface area contributed by atoms with E-state index in [1.54, 1.807) is 0 Å². The maximum absolute atomic E-state index is 5.88. The lowest BCUT2D eigenvalue weighted by Gasteiger charge is -2.25. The maximum Gasteiger partial charge on any atom is 0.0626 e. The molecular formula is C15H33NO. The Morgan fingerprint density at radius 3 is 2.24 bits per heavy atom. The summed E-state index contributed by atoms with van der Waals surface area (Å²) in [6.45, 7) is 15.1. The minimum absolute atomic E-state index is 0.0236. The van der Waals surface area contributed by atoms with Crippen molar-refractivity contribution in [1.82, 2.24) is 5.32 Å². The van der Waals surface area contributed by atoms with Crippen LogP contribution in [0, 0.1) is 5.92 Å². The summed E-state index contributed by atoms with van der Waals surface area (Å²) in [6.07, 6.45) is 5.04. The number of ether oxygens (including phenoxy) is 1. The van der Waals surface area contributed by atoms with Crippen LogP contribution < -0.4 is 5.32 Å². The van der Waals surface area contributed by atoms with Crippen molar-refractivity contribution in [2.24, 2.45) is 5.92 Å².